The molecule has 0 heterocycles. The van der Waals surface area contributed by atoms with Crippen LogP contribution >= 0.6 is 0 Å². The van der Waals surface area contributed by atoms with Crippen molar-refractivity contribution in [1.29, 1.82) is 0 Å². The minimum Gasteiger partial charge on any atom is -0.298 e. The molecule has 5 saturated carbocycles. The lowest BCUT2D eigenvalue weighted by Gasteiger charge is -2.62. The maximum absolute atomic E-state index is 15.2. The van der Waals surface area contributed by atoms with E-state index >= 15 is 4.79 Å². The highest BCUT2D eigenvalue weighted by Gasteiger charge is 2.85. The number of fused-ring (bicyclic) bond motifs is 2. The lowest BCUT2D eigenvalue weighted by molar-refractivity contribution is -0.171. The molecule has 4 nitrogen and oxygen atoms in total. The zero-order chi connectivity index (χ0) is 23.5. The van der Waals surface area contributed by atoms with E-state index in [9.17, 15) is 13.0 Å². The molecule has 2 atom stereocenters. The van der Waals surface area contributed by atoms with Crippen LogP contribution in [0, 0.1) is 39.4 Å². The summed E-state index contributed by atoms with van der Waals surface area (Å²) in [5.74, 6) is 1.23. The minimum atomic E-state index is -4.25. The van der Waals surface area contributed by atoms with Crippen LogP contribution in [0.3, 0.4) is 0 Å². The predicted octanol–water partition coefficient (Wildman–Crippen LogP) is 6.98. The molecule has 0 aromatic rings. The van der Waals surface area contributed by atoms with E-state index in [0.717, 1.165) is 32.1 Å². The van der Waals surface area contributed by atoms with E-state index in [4.69, 9.17) is 0 Å². The fraction of sp³-hybridized carbons (Fsp3) is 0.964. The van der Waals surface area contributed by atoms with Crippen molar-refractivity contribution >= 4 is 15.9 Å². The monoisotopic (exact) mass is 478 g/mol. The van der Waals surface area contributed by atoms with Crippen molar-refractivity contribution in [1.82, 2.24) is 0 Å². The zero-order valence-electron chi connectivity index (χ0n) is 21.0. The number of hydrogen-bond acceptors (Lipinski definition) is 3. The van der Waals surface area contributed by atoms with Crippen LogP contribution < -0.4 is 0 Å². The van der Waals surface area contributed by atoms with Crippen molar-refractivity contribution in [2.45, 2.75) is 123 Å². The van der Waals surface area contributed by atoms with Crippen LogP contribution in [0.25, 0.3) is 0 Å². The van der Waals surface area contributed by atoms with Gasteiger partial charge in [-0.1, -0.05) is 71.6 Å². The summed E-state index contributed by atoms with van der Waals surface area (Å²) < 4.78 is 35.0. The predicted molar refractivity (Wildman–Crippen MR) is 131 cm³/mol. The van der Waals surface area contributed by atoms with E-state index in [2.05, 4.69) is 13.8 Å². The Hall–Kier alpha value is -0.420. The Kier molecular flexibility index (Phi) is 6.12. The van der Waals surface area contributed by atoms with Crippen molar-refractivity contribution in [2.75, 3.05) is 5.75 Å². The van der Waals surface area contributed by atoms with Crippen molar-refractivity contribution in [2.24, 2.45) is 39.4 Å². The first-order chi connectivity index (χ1) is 15.6. The zero-order valence-corrected chi connectivity index (χ0v) is 21.9. The Morgan fingerprint density at radius 1 is 0.727 bits per heavy atom. The number of rotatable bonds is 5. The summed E-state index contributed by atoms with van der Waals surface area (Å²) in [5.41, 5.74) is -1.83. The SMILES string of the molecule is CC1(C)C2(CS(=O)(=O)O)CCC1(C1CCCCC1)C(C1CCCCC1)(C1CCCCC1)C2=O. The van der Waals surface area contributed by atoms with Gasteiger partial charge in [-0.2, -0.15) is 8.42 Å². The Bertz CT molecular complexity index is 840. The van der Waals surface area contributed by atoms with Gasteiger partial charge >= 0.3 is 0 Å². The van der Waals surface area contributed by atoms with Crippen LogP contribution in [0.1, 0.15) is 123 Å². The fourth-order valence-corrected chi connectivity index (χ4v) is 12.3. The summed E-state index contributed by atoms with van der Waals surface area (Å²) in [6.07, 6.45) is 19.7. The van der Waals surface area contributed by atoms with E-state index in [-0.39, 0.29) is 22.4 Å². The van der Waals surface area contributed by atoms with Gasteiger partial charge in [0.05, 0.1) is 11.2 Å². The quantitative estimate of drug-likeness (QED) is 0.433. The second kappa shape index (κ2) is 8.32. The van der Waals surface area contributed by atoms with Gasteiger partial charge < -0.3 is 0 Å². The average molecular weight is 479 g/mol. The lowest BCUT2D eigenvalue weighted by Crippen LogP contribution is -2.60. The molecule has 33 heavy (non-hydrogen) atoms. The molecule has 0 saturated heterocycles. The average Bonchev–Trinajstić information content (AvgIpc) is 3.10. The van der Waals surface area contributed by atoms with Gasteiger partial charge in [0.1, 0.15) is 5.78 Å². The van der Waals surface area contributed by atoms with Gasteiger partial charge in [-0.25, -0.2) is 0 Å². The van der Waals surface area contributed by atoms with Gasteiger partial charge in [-0.05, 0) is 80.0 Å². The Morgan fingerprint density at radius 3 is 1.58 bits per heavy atom. The minimum absolute atomic E-state index is 0.119. The standard InChI is InChI=1S/C28H46O4S/c1-25(2)26(20-33(30,31)32)18-19-27(25,21-12-6-3-7-13-21)28(24(26)29,22-14-8-4-9-15-22)23-16-10-5-11-17-23/h21-23H,3-20H2,1-2H3,(H,30,31,32). The van der Waals surface area contributed by atoms with Gasteiger partial charge in [-0.15, -0.1) is 0 Å². The van der Waals surface area contributed by atoms with E-state index < -0.39 is 20.9 Å². The highest BCUT2D eigenvalue weighted by Crippen LogP contribution is 2.84. The molecule has 5 aliphatic carbocycles. The number of carbonyl (C=O) groups excluding carboxylic acids is 1. The van der Waals surface area contributed by atoms with E-state index in [1.807, 2.05) is 0 Å². The molecule has 5 heteroatoms. The van der Waals surface area contributed by atoms with Crippen LogP contribution in [-0.2, 0) is 14.9 Å². The van der Waals surface area contributed by atoms with Gasteiger partial charge in [-0.3, -0.25) is 9.35 Å². The summed E-state index contributed by atoms with van der Waals surface area (Å²) in [6.45, 7) is 4.51. The Morgan fingerprint density at radius 2 is 1.15 bits per heavy atom. The summed E-state index contributed by atoms with van der Waals surface area (Å²) in [5, 5.41) is 0. The van der Waals surface area contributed by atoms with E-state index in [1.165, 1.54) is 70.6 Å². The summed E-state index contributed by atoms with van der Waals surface area (Å²) in [7, 11) is -4.25. The van der Waals surface area contributed by atoms with Crippen LogP contribution in [0.2, 0.25) is 0 Å². The second-order valence-corrected chi connectivity index (χ2v) is 14.6. The summed E-state index contributed by atoms with van der Waals surface area (Å²) >= 11 is 0. The van der Waals surface area contributed by atoms with Crippen LogP contribution in [0.15, 0.2) is 0 Å². The molecule has 5 fully saturated rings. The van der Waals surface area contributed by atoms with Crippen LogP contribution in [-0.4, -0.2) is 24.5 Å². The molecular weight excluding hydrogens is 432 g/mol. The number of ketones is 1. The molecule has 0 spiro atoms. The molecule has 1 N–H and O–H groups in total. The first-order valence-corrected chi connectivity index (χ1v) is 15.7. The van der Waals surface area contributed by atoms with E-state index in [1.54, 1.807) is 0 Å². The Labute approximate surface area is 201 Å². The second-order valence-electron chi connectivity index (χ2n) is 13.1. The molecule has 2 bridgehead atoms. The third-order valence-corrected chi connectivity index (χ3v) is 12.9. The van der Waals surface area contributed by atoms with Crippen molar-refractivity contribution in [3.8, 4) is 0 Å². The molecule has 188 valence electrons. The molecular formula is C28H46O4S. The van der Waals surface area contributed by atoms with Gasteiger partial charge in [0.2, 0.25) is 0 Å². The first-order valence-electron chi connectivity index (χ1n) is 14.1. The van der Waals surface area contributed by atoms with Crippen molar-refractivity contribution in [3.63, 3.8) is 0 Å². The number of hydrogen-bond donors (Lipinski definition) is 1. The smallest absolute Gasteiger partial charge is 0.265 e. The largest absolute Gasteiger partial charge is 0.298 e. The van der Waals surface area contributed by atoms with Gasteiger partial charge in [0.25, 0.3) is 10.1 Å². The van der Waals surface area contributed by atoms with Gasteiger partial charge in [0.15, 0.2) is 0 Å². The third kappa shape index (κ3) is 3.16. The van der Waals surface area contributed by atoms with Gasteiger partial charge in [0, 0.05) is 5.41 Å². The van der Waals surface area contributed by atoms with Crippen LogP contribution in [0.5, 0.6) is 0 Å². The topological polar surface area (TPSA) is 71.4 Å². The highest BCUT2D eigenvalue weighted by atomic mass is 32.2. The molecule has 5 rings (SSSR count). The highest BCUT2D eigenvalue weighted by molar-refractivity contribution is 7.85. The maximum atomic E-state index is 15.2. The van der Waals surface area contributed by atoms with E-state index in [0.29, 0.717) is 24.2 Å². The molecule has 0 amide bonds. The number of Topliss-reactive ketones (excluding diaryl/α,β-unsaturated/α-hetero) is 1. The molecule has 2 unspecified atom stereocenters. The lowest BCUT2D eigenvalue weighted by atomic mass is 9.40. The Balaban J connectivity index is 1.77. The molecule has 5 aliphatic rings. The maximum Gasteiger partial charge on any atom is 0.265 e. The molecule has 0 aliphatic heterocycles. The summed E-state index contributed by atoms with van der Waals surface area (Å²) in [6, 6.07) is 0. The van der Waals surface area contributed by atoms with Crippen molar-refractivity contribution < 1.29 is 17.8 Å². The normalized spacial score (nSPS) is 38.1. The molecule has 0 radical (unpaired) electrons. The number of carbonyl (C=O) groups is 1. The fourth-order valence-electron chi connectivity index (χ4n) is 11.0. The third-order valence-electron chi connectivity index (χ3n) is 12.0. The summed E-state index contributed by atoms with van der Waals surface area (Å²) in [4.78, 5) is 15.2. The molecule has 0 aromatic heterocycles. The molecule has 0 aromatic carbocycles. The first kappa shape index (κ1) is 24.3. The van der Waals surface area contributed by atoms with Crippen LogP contribution in [0.4, 0.5) is 0 Å². The van der Waals surface area contributed by atoms with Crippen molar-refractivity contribution in [3.05, 3.63) is 0 Å².